The Morgan fingerprint density at radius 1 is 0.852 bits per heavy atom. The van der Waals surface area contributed by atoms with Crippen molar-refractivity contribution in [2.24, 2.45) is 0 Å². The van der Waals surface area contributed by atoms with Gasteiger partial charge in [-0.25, -0.2) is 4.85 Å². The van der Waals surface area contributed by atoms with Crippen molar-refractivity contribution in [2.45, 2.75) is 19.3 Å². The van der Waals surface area contributed by atoms with Crippen molar-refractivity contribution < 1.29 is 9.59 Å². The number of carbonyl (C=O) groups is 2. The minimum Gasteiger partial charge on any atom is -0.352 e. The molecule has 0 bridgehead atoms. The lowest BCUT2D eigenvalue weighted by Crippen LogP contribution is -2.26. The van der Waals surface area contributed by atoms with Gasteiger partial charge >= 0.3 is 0 Å². The predicted molar refractivity (Wildman–Crippen MR) is 102 cm³/mol. The summed E-state index contributed by atoms with van der Waals surface area (Å²) in [4.78, 5) is 27.2. The topological polar surface area (TPSA) is 86.3 Å². The zero-order valence-corrected chi connectivity index (χ0v) is 14.9. The molecule has 27 heavy (non-hydrogen) atoms. The van der Waals surface area contributed by atoms with E-state index in [2.05, 4.69) is 15.5 Å². The Balaban J connectivity index is 1.58. The highest BCUT2D eigenvalue weighted by Gasteiger charge is 2.05. The monoisotopic (exact) mass is 360 g/mol. The molecule has 0 aliphatic carbocycles. The summed E-state index contributed by atoms with van der Waals surface area (Å²) < 4.78 is 0. The molecule has 2 amide bonds. The average Bonchev–Trinajstić information content (AvgIpc) is 2.72. The summed E-state index contributed by atoms with van der Waals surface area (Å²) in [6, 6.07) is 15.0. The highest BCUT2D eigenvalue weighted by Crippen LogP contribution is 2.12. The van der Waals surface area contributed by atoms with Gasteiger partial charge in [0.15, 0.2) is 5.69 Å². The van der Waals surface area contributed by atoms with E-state index in [1.807, 2.05) is 6.07 Å². The molecule has 0 aliphatic heterocycles. The molecule has 2 aromatic carbocycles. The zero-order chi connectivity index (χ0) is 19.5. The standard InChI is InChI=1S/C21H20N4O2/c1-23-19-11-9-18(10-12-19)21(27)25-14-4-2-3-13-24-20(26)17-7-5-16(15-22)6-8-17/h5-12H,2-4,13-14H2,(H,24,26)(H,25,27). The van der Waals surface area contributed by atoms with Gasteiger partial charge in [-0.2, -0.15) is 5.26 Å². The Morgan fingerprint density at radius 3 is 1.78 bits per heavy atom. The van der Waals surface area contributed by atoms with Crippen molar-refractivity contribution in [1.82, 2.24) is 10.6 Å². The zero-order valence-electron chi connectivity index (χ0n) is 14.9. The summed E-state index contributed by atoms with van der Waals surface area (Å²) in [5.41, 5.74) is 2.10. The first-order valence-corrected chi connectivity index (χ1v) is 8.68. The molecule has 2 N–H and O–H groups in total. The molecule has 0 aliphatic rings. The van der Waals surface area contributed by atoms with Crippen LogP contribution in [0, 0.1) is 17.9 Å². The smallest absolute Gasteiger partial charge is 0.251 e. The molecule has 0 aromatic heterocycles. The molecular weight excluding hydrogens is 340 g/mol. The van der Waals surface area contributed by atoms with Gasteiger partial charge in [-0.3, -0.25) is 9.59 Å². The summed E-state index contributed by atoms with van der Waals surface area (Å²) in [5.74, 6) is -0.309. The van der Waals surface area contributed by atoms with Crippen molar-refractivity contribution in [1.29, 1.82) is 5.26 Å². The molecule has 6 heteroatoms. The van der Waals surface area contributed by atoms with Crippen LogP contribution in [0.15, 0.2) is 48.5 Å². The van der Waals surface area contributed by atoms with Crippen molar-refractivity contribution in [3.63, 3.8) is 0 Å². The summed E-state index contributed by atoms with van der Waals surface area (Å²) in [6.45, 7) is 8.01. The third-order valence-electron chi connectivity index (χ3n) is 3.96. The van der Waals surface area contributed by atoms with E-state index in [0.29, 0.717) is 35.5 Å². The average molecular weight is 360 g/mol. The van der Waals surface area contributed by atoms with E-state index in [0.717, 1.165) is 19.3 Å². The summed E-state index contributed by atoms with van der Waals surface area (Å²) in [7, 11) is 0. The number of benzene rings is 2. The largest absolute Gasteiger partial charge is 0.352 e. The normalized spacial score (nSPS) is 9.70. The van der Waals surface area contributed by atoms with Gasteiger partial charge in [-0.15, -0.1) is 0 Å². The lowest BCUT2D eigenvalue weighted by molar-refractivity contribution is 0.0947. The molecule has 2 rings (SSSR count). The number of amides is 2. The fraction of sp³-hybridized carbons (Fsp3) is 0.238. The lowest BCUT2D eigenvalue weighted by Gasteiger charge is -2.07. The highest BCUT2D eigenvalue weighted by molar-refractivity contribution is 5.94. The van der Waals surface area contributed by atoms with Crippen LogP contribution in [-0.4, -0.2) is 24.9 Å². The van der Waals surface area contributed by atoms with Crippen molar-refractivity contribution in [3.8, 4) is 6.07 Å². The van der Waals surface area contributed by atoms with Gasteiger partial charge in [0.25, 0.3) is 11.8 Å². The van der Waals surface area contributed by atoms with E-state index < -0.39 is 0 Å². The lowest BCUT2D eigenvalue weighted by atomic mass is 10.1. The first-order chi connectivity index (χ1) is 13.1. The van der Waals surface area contributed by atoms with E-state index in [4.69, 9.17) is 11.8 Å². The first-order valence-electron chi connectivity index (χ1n) is 8.68. The second-order valence-electron chi connectivity index (χ2n) is 5.92. The number of nitriles is 1. The third-order valence-corrected chi connectivity index (χ3v) is 3.96. The molecule has 136 valence electrons. The van der Waals surface area contributed by atoms with Crippen LogP contribution >= 0.6 is 0 Å². The molecule has 0 saturated heterocycles. The van der Waals surface area contributed by atoms with Crippen LogP contribution in [0.3, 0.4) is 0 Å². The van der Waals surface area contributed by atoms with Gasteiger partial charge < -0.3 is 10.6 Å². The molecule has 0 atom stereocenters. The van der Waals surface area contributed by atoms with Crippen LogP contribution in [0.1, 0.15) is 45.5 Å². The number of carbonyl (C=O) groups excluding carboxylic acids is 2. The number of unbranched alkanes of at least 4 members (excludes halogenated alkanes) is 2. The highest BCUT2D eigenvalue weighted by atomic mass is 16.2. The summed E-state index contributed by atoms with van der Waals surface area (Å²) >= 11 is 0. The van der Waals surface area contributed by atoms with E-state index in [1.54, 1.807) is 48.5 Å². The number of hydrogen-bond donors (Lipinski definition) is 2. The van der Waals surface area contributed by atoms with Crippen LogP contribution in [0.2, 0.25) is 0 Å². The number of hydrogen-bond acceptors (Lipinski definition) is 3. The van der Waals surface area contributed by atoms with E-state index in [9.17, 15) is 9.59 Å². The van der Waals surface area contributed by atoms with Gasteiger partial charge in [0.05, 0.1) is 18.2 Å². The minimum absolute atomic E-state index is 0.152. The third kappa shape index (κ3) is 6.30. The summed E-state index contributed by atoms with van der Waals surface area (Å²) in [5, 5.41) is 14.4. The Labute approximate surface area is 158 Å². The Bertz CT molecular complexity index is 786. The molecule has 0 radical (unpaired) electrons. The minimum atomic E-state index is -0.157. The van der Waals surface area contributed by atoms with E-state index in [1.165, 1.54) is 0 Å². The van der Waals surface area contributed by atoms with Crippen molar-refractivity contribution >= 4 is 17.5 Å². The number of rotatable bonds is 8. The van der Waals surface area contributed by atoms with Crippen molar-refractivity contribution in [3.05, 3.63) is 76.6 Å². The Hall–Kier alpha value is -3.64. The van der Waals surface area contributed by atoms with Gasteiger partial charge in [0.2, 0.25) is 0 Å². The Kier molecular flexibility index (Phi) is 7.56. The second-order valence-corrected chi connectivity index (χ2v) is 5.92. The predicted octanol–water partition coefficient (Wildman–Crippen LogP) is 3.44. The molecule has 0 spiro atoms. The van der Waals surface area contributed by atoms with Crippen LogP contribution in [-0.2, 0) is 0 Å². The molecule has 0 heterocycles. The van der Waals surface area contributed by atoms with Gasteiger partial charge in [-0.1, -0.05) is 24.3 Å². The molecule has 0 saturated carbocycles. The van der Waals surface area contributed by atoms with Crippen molar-refractivity contribution in [2.75, 3.05) is 13.1 Å². The van der Waals surface area contributed by atoms with Crippen LogP contribution in [0.5, 0.6) is 0 Å². The number of nitrogens with one attached hydrogen (secondary N) is 2. The Morgan fingerprint density at radius 2 is 1.33 bits per heavy atom. The fourth-order valence-corrected chi connectivity index (χ4v) is 2.42. The van der Waals surface area contributed by atoms with Gasteiger partial charge in [0, 0.05) is 24.2 Å². The van der Waals surface area contributed by atoms with Crippen LogP contribution in [0.25, 0.3) is 4.85 Å². The van der Waals surface area contributed by atoms with Crippen LogP contribution < -0.4 is 10.6 Å². The maximum atomic E-state index is 12.0. The maximum Gasteiger partial charge on any atom is 0.251 e. The molecule has 0 fully saturated rings. The quantitative estimate of drug-likeness (QED) is 0.558. The molecule has 6 nitrogen and oxygen atoms in total. The molecule has 0 unspecified atom stereocenters. The van der Waals surface area contributed by atoms with Gasteiger partial charge in [-0.05, 0) is 43.5 Å². The SMILES string of the molecule is [C-]#[N+]c1ccc(C(=O)NCCCCCNC(=O)c2ccc(C#N)cc2)cc1. The maximum absolute atomic E-state index is 12.0. The van der Waals surface area contributed by atoms with Crippen LogP contribution in [0.4, 0.5) is 5.69 Å². The fourth-order valence-electron chi connectivity index (χ4n) is 2.42. The molecular formula is C21H20N4O2. The molecule has 2 aromatic rings. The summed E-state index contributed by atoms with van der Waals surface area (Å²) in [6.07, 6.45) is 2.51. The van der Waals surface area contributed by atoms with E-state index in [-0.39, 0.29) is 11.8 Å². The van der Waals surface area contributed by atoms with E-state index >= 15 is 0 Å². The first kappa shape index (κ1) is 19.7. The number of nitrogens with zero attached hydrogens (tertiary/aromatic N) is 2. The second kappa shape index (κ2) is 10.4. The van der Waals surface area contributed by atoms with Gasteiger partial charge in [0.1, 0.15) is 0 Å².